The number of alkyl halides is 6. The number of Topliss-reactive ketones (excluding diaryl/α,β-unsaturated/α-hetero) is 1. The normalized spacial score (nSPS) is 15.7. The van der Waals surface area contributed by atoms with Crippen LogP contribution in [0.3, 0.4) is 0 Å². The van der Waals surface area contributed by atoms with Crippen LogP contribution in [0.2, 0.25) is 0 Å². The number of rotatable bonds is 7. The molecule has 1 unspecified atom stereocenters. The number of ketones is 1. The average molecular weight is 578 g/mol. The summed E-state index contributed by atoms with van der Waals surface area (Å²) in [5.74, 6) is -1.94. The lowest BCUT2D eigenvalue weighted by molar-refractivity contribution is -0.143. The Balaban J connectivity index is 1.59. The van der Waals surface area contributed by atoms with Gasteiger partial charge in [-0.15, -0.1) is 0 Å². The maximum absolute atomic E-state index is 14.2. The SMILES string of the molecule is O=C(c1cc(C(F)(F)F)cc(C(F)(F)F)c1)C(C(=O)N(Cc1c[nH]c2ccccc12)n1cccc1)N1CCNCC1. The molecule has 1 aliphatic heterocycles. The highest BCUT2D eigenvalue weighted by atomic mass is 19.4. The van der Waals surface area contributed by atoms with Gasteiger partial charge in [-0.1, -0.05) is 18.2 Å². The second-order valence-electron chi connectivity index (χ2n) is 9.67. The molecule has 5 rings (SSSR count). The summed E-state index contributed by atoms with van der Waals surface area (Å²) in [4.78, 5) is 32.7. The number of nitrogens with one attached hydrogen (secondary N) is 2. The number of nitrogens with zero attached hydrogens (tertiary/aromatic N) is 3. The number of H-pyrrole nitrogens is 1. The van der Waals surface area contributed by atoms with Crippen LogP contribution in [0.25, 0.3) is 10.9 Å². The number of hydrogen-bond donors (Lipinski definition) is 2. The van der Waals surface area contributed by atoms with Gasteiger partial charge in [-0.3, -0.25) is 19.2 Å². The van der Waals surface area contributed by atoms with E-state index in [2.05, 4.69) is 10.3 Å². The van der Waals surface area contributed by atoms with Gasteiger partial charge in [0.2, 0.25) is 0 Å². The highest BCUT2D eigenvalue weighted by Crippen LogP contribution is 2.37. The van der Waals surface area contributed by atoms with E-state index in [1.165, 1.54) is 14.6 Å². The maximum atomic E-state index is 14.2. The summed E-state index contributed by atoms with van der Waals surface area (Å²) in [5, 5.41) is 5.15. The Bertz CT molecular complexity index is 1510. The molecule has 2 aromatic carbocycles. The number of halogens is 6. The topological polar surface area (TPSA) is 73.4 Å². The van der Waals surface area contributed by atoms with Crippen LogP contribution in [0.5, 0.6) is 0 Å². The zero-order chi connectivity index (χ0) is 29.4. The minimum Gasteiger partial charge on any atom is -0.361 e. The van der Waals surface area contributed by atoms with Crippen molar-refractivity contribution < 1.29 is 35.9 Å². The molecule has 216 valence electrons. The molecule has 1 saturated heterocycles. The van der Waals surface area contributed by atoms with Crippen LogP contribution >= 0.6 is 0 Å². The number of hydrogen-bond acceptors (Lipinski definition) is 4. The summed E-state index contributed by atoms with van der Waals surface area (Å²) in [6.45, 7) is 1.09. The van der Waals surface area contributed by atoms with Crippen molar-refractivity contribution in [3.05, 3.63) is 95.4 Å². The smallest absolute Gasteiger partial charge is 0.361 e. The predicted molar refractivity (Wildman–Crippen MR) is 139 cm³/mol. The highest BCUT2D eigenvalue weighted by molar-refractivity contribution is 6.16. The van der Waals surface area contributed by atoms with Crippen molar-refractivity contribution in [1.29, 1.82) is 0 Å². The summed E-state index contributed by atoms with van der Waals surface area (Å²) in [6.07, 6.45) is -5.44. The fourth-order valence-electron chi connectivity index (χ4n) is 4.95. The molecule has 4 aromatic rings. The zero-order valence-corrected chi connectivity index (χ0v) is 21.5. The molecule has 1 atom stereocenters. The van der Waals surface area contributed by atoms with Crippen molar-refractivity contribution in [3.63, 3.8) is 0 Å². The lowest BCUT2D eigenvalue weighted by atomic mass is 9.96. The van der Waals surface area contributed by atoms with E-state index in [0.717, 1.165) is 10.9 Å². The van der Waals surface area contributed by atoms with Crippen LogP contribution in [-0.2, 0) is 23.7 Å². The summed E-state index contributed by atoms with van der Waals surface area (Å²) in [6, 6.07) is 9.69. The molecule has 3 heterocycles. The molecule has 13 heteroatoms. The van der Waals surface area contributed by atoms with Crippen molar-refractivity contribution in [2.24, 2.45) is 0 Å². The van der Waals surface area contributed by atoms with E-state index in [1.54, 1.807) is 30.7 Å². The third-order valence-electron chi connectivity index (χ3n) is 6.99. The number of benzene rings is 2. The second kappa shape index (κ2) is 11.1. The van der Waals surface area contributed by atoms with E-state index in [4.69, 9.17) is 0 Å². The molecule has 7 nitrogen and oxygen atoms in total. The third-order valence-corrected chi connectivity index (χ3v) is 6.99. The Hall–Kier alpha value is -4.10. The molecule has 0 aliphatic carbocycles. The van der Waals surface area contributed by atoms with Gasteiger partial charge in [-0.2, -0.15) is 26.3 Å². The van der Waals surface area contributed by atoms with Crippen LogP contribution in [0.4, 0.5) is 26.3 Å². The monoisotopic (exact) mass is 577 g/mol. The minimum atomic E-state index is -5.14. The van der Waals surface area contributed by atoms with E-state index in [0.29, 0.717) is 30.8 Å². The van der Waals surface area contributed by atoms with Gasteiger partial charge in [0.25, 0.3) is 5.91 Å². The number of amides is 1. The van der Waals surface area contributed by atoms with Crippen molar-refractivity contribution in [1.82, 2.24) is 19.9 Å². The van der Waals surface area contributed by atoms with Crippen molar-refractivity contribution in [2.45, 2.75) is 24.9 Å². The number of para-hydroxylation sites is 1. The first-order valence-electron chi connectivity index (χ1n) is 12.7. The van der Waals surface area contributed by atoms with Gasteiger partial charge in [0.15, 0.2) is 11.8 Å². The summed E-state index contributed by atoms with van der Waals surface area (Å²) < 4.78 is 83.0. The first-order valence-corrected chi connectivity index (χ1v) is 12.7. The molecule has 0 spiro atoms. The van der Waals surface area contributed by atoms with Gasteiger partial charge in [0.05, 0.1) is 17.7 Å². The number of aromatic nitrogens is 2. The summed E-state index contributed by atoms with van der Waals surface area (Å²) in [7, 11) is 0. The molecule has 2 N–H and O–H groups in total. The van der Waals surface area contributed by atoms with Crippen LogP contribution < -0.4 is 10.3 Å². The standard InChI is InChI=1S/C28H25F6N5O2/c29-27(30,31)20-13-18(14-21(15-20)28(32,33)34)25(40)24(37-11-7-35-8-12-37)26(41)39(38-9-3-4-10-38)17-19-16-36-23-6-2-1-5-22(19)23/h1-6,9-10,13-16,24,35-36H,7-8,11-12,17H2. The number of carbonyl (C=O) groups excluding carboxylic acids is 2. The first kappa shape index (κ1) is 28.4. The fraction of sp³-hybridized carbons (Fsp3) is 0.286. The molecule has 0 radical (unpaired) electrons. The molecule has 2 aromatic heterocycles. The number of aromatic amines is 1. The number of fused-ring (bicyclic) bond motifs is 1. The van der Waals surface area contributed by atoms with E-state index in [1.807, 2.05) is 24.3 Å². The summed E-state index contributed by atoms with van der Waals surface area (Å²) in [5.41, 5.74) is -2.58. The van der Waals surface area contributed by atoms with Crippen molar-refractivity contribution >= 4 is 22.6 Å². The lowest BCUT2D eigenvalue weighted by Gasteiger charge is -2.36. The maximum Gasteiger partial charge on any atom is 0.416 e. The Kier molecular flexibility index (Phi) is 7.66. The van der Waals surface area contributed by atoms with Crippen LogP contribution in [0.15, 0.2) is 73.2 Å². The van der Waals surface area contributed by atoms with Gasteiger partial charge < -0.3 is 10.3 Å². The zero-order valence-electron chi connectivity index (χ0n) is 21.5. The van der Waals surface area contributed by atoms with Gasteiger partial charge in [-0.05, 0) is 42.0 Å². The van der Waals surface area contributed by atoms with Gasteiger partial charge >= 0.3 is 12.4 Å². The van der Waals surface area contributed by atoms with Crippen LogP contribution in [0, 0.1) is 0 Å². The van der Waals surface area contributed by atoms with E-state index in [9.17, 15) is 35.9 Å². The first-order chi connectivity index (χ1) is 19.4. The van der Waals surface area contributed by atoms with Gasteiger partial charge in [-0.25, -0.2) is 5.01 Å². The highest BCUT2D eigenvalue weighted by Gasteiger charge is 2.41. The summed E-state index contributed by atoms with van der Waals surface area (Å²) >= 11 is 0. The van der Waals surface area contributed by atoms with Gasteiger partial charge in [0, 0.05) is 61.2 Å². The Morgan fingerprint density at radius 3 is 2.10 bits per heavy atom. The van der Waals surface area contributed by atoms with E-state index < -0.39 is 46.8 Å². The van der Waals surface area contributed by atoms with Crippen LogP contribution in [-0.4, -0.2) is 58.5 Å². The molecule has 1 fully saturated rings. The van der Waals surface area contributed by atoms with E-state index in [-0.39, 0.29) is 25.7 Å². The largest absolute Gasteiger partial charge is 0.416 e. The average Bonchev–Trinajstić information content (AvgIpc) is 3.61. The fourth-order valence-corrected chi connectivity index (χ4v) is 4.95. The second-order valence-corrected chi connectivity index (χ2v) is 9.67. The van der Waals surface area contributed by atoms with Gasteiger partial charge in [0.1, 0.15) is 0 Å². The number of carbonyl (C=O) groups is 2. The van der Waals surface area contributed by atoms with Crippen molar-refractivity contribution in [3.8, 4) is 0 Å². The molecule has 1 aliphatic rings. The Labute approximate surface area is 230 Å². The minimum absolute atomic E-state index is 0.0240. The molecular weight excluding hydrogens is 552 g/mol. The predicted octanol–water partition coefficient (Wildman–Crippen LogP) is 4.83. The third kappa shape index (κ3) is 6.00. The van der Waals surface area contributed by atoms with Crippen LogP contribution in [0.1, 0.15) is 27.0 Å². The van der Waals surface area contributed by atoms with E-state index >= 15 is 0 Å². The Morgan fingerprint density at radius 2 is 1.49 bits per heavy atom. The Morgan fingerprint density at radius 1 is 0.878 bits per heavy atom. The molecule has 0 saturated carbocycles. The van der Waals surface area contributed by atoms with Crippen molar-refractivity contribution in [2.75, 3.05) is 31.2 Å². The molecule has 41 heavy (non-hydrogen) atoms. The molecule has 0 bridgehead atoms. The molecular formula is C28H25F6N5O2. The lowest BCUT2D eigenvalue weighted by Crippen LogP contribution is -2.59. The quantitative estimate of drug-likeness (QED) is 0.188. The molecule has 1 amide bonds. The number of piperazine rings is 1.